The Morgan fingerprint density at radius 2 is 2.14 bits per heavy atom. The standard InChI is InChI=1S/C11H13NO2/c1-13-11-8-14-7-10(12-11)9-5-3-2-4-6-9/h2-6,10H,7-8H2,1H3. The Labute approximate surface area is 83.4 Å². The van der Waals surface area contributed by atoms with Gasteiger partial charge in [-0.15, -0.1) is 0 Å². The molecule has 0 radical (unpaired) electrons. The lowest BCUT2D eigenvalue weighted by atomic mass is 10.1. The molecular formula is C11H13NO2. The lowest BCUT2D eigenvalue weighted by Gasteiger charge is -2.20. The van der Waals surface area contributed by atoms with Gasteiger partial charge in [0.25, 0.3) is 0 Å². The second kappa shape index (κ2) is 4.24. The van der Waals surface area contributed by atoms with E-state index in [9.17, 15) is 0 Å². The molecule has 0 N–H and O–H groups in total. The Hall–Kier alpha value is -1.35. The average molecular weight is 191 g/mol. The van der Waals surface area contributed by atoms with Gasteiger partial charge in [-0.3, -0.25) is 0 Å². The number of nitrogens with zero attached hydrogens (tertiary/aromatic N) is 1. The van der Waals surface area contributed by atoms with Crippen LogP contribution < -0.4 is 0 Å². The lowest BCUT2D eigenvalue weighted by Crippen LogP contribution is -2.22. The molecule has 0 saturated carbocycles. The predicted molar refractivity (Wildman–Crippen MR) is 54.4 cm³/mol. The maximum atomic E-state index is 5.38. The lowest BCUT2D eigenvalue weighted by molar-refractivity contribution is 0.125. The van der Waals surface area contributed by atoms with E-state index in [2.05, 4.69) is 17.1 Å². The van der Waals surface area contributed by atoms with Gasteiger partial charge in [-0.2, -0.15) is 0 Å². The van der Waals surface area contributed by atoms with Crippen molar-refractivity contribution >= 4 is 5.90 Å². The molecule has 1 aliphatic heterocycles. The van der Waals surface area contributed by atoms with E-state index in [0.29, 0.717) is 19.1 Å². The normalized spacial score (nSPS) is 21.5. The van der Waals surface area contributed by atoms with E-state index >= 15 is 0 Å². The van der Waals surface area contributed by atoms with Gasteiger partial charge in [0, 0.05) is 0 Å². The third kappa shape index (κ3) is 1.93. The van der Waals surface area contributed by atoms with E-state index in [1.807, 2.05) is 18.2 Å². The van der Waals surface area contributed by atoms with E-state index in [0.717, 1.165) is 0 Å². The van der Waals surface area contributed by atoms with Crippen molar-refractivity contribution in [2.75, 3.05) is 20.3 Å². The molecule has 74 valence electrons. The largest absolute Gasteiger partial charge is 0.483 e. The van der Waals surface area contributed by atoms with Crippen molar-refractivity contribution in [3.63, 3.8) is 0 Å². The quantitative estimate of drug-likeness (QED) is 0.677. The van der Waals surface area contributed by atoms with Gasteiger partial charge in [0.05, 0.1) is 13.7 Å². The summed E-state index contributed by atoms with van der Waals surface area (Å²) < 4.78 is 10.5. The monoisotopic (exact) mass is 191 g/mol. The third-order valence-corrected chi connectivity index (χ3v) is 2.22. The first-order valence-electron chi connectivity index (χ1n) is 4.63. The molecule has 0 fully saturated rings. The molecule has 2 rings (SSSR count). The van der Waals surface area contributed by atoms with Crippen molar-refractivity contribution in [3.8, 4) is 0 Å². The molecule has 1 aromatic rings. The molecule has 0 bridgehead atoms. The van der Waals surface area contributed by atoms with Crippen LogP contribution in [0.4, 0.5) is 0 Å². The van der Waals surface area contributed by atoms with Gasteiger partial charge in [0.2, 0.25) is 5.90 Å². The Morgan fingerprint density at radius 1 is 1.36 bits per heavy atom. The second-order valence-corrected chi connectivity index (χ2v) is 3.17. The van der Waals surface area contributed by atoms with Gasteiger partial charge < -0.3 is 9.47 Å². The average Bonchev–Trinajstić information content (AvgIpc) is 2.30. The van der Waals surface area contributed by atoms with Crippen LogP contribution in [0, 0.1) is 0 Å². The van der Waals surface area contributed by atoms with Gasteiger partial charge in [-0.1, -0.05) is 30.3 Å². The number of hydrogen-bond donors (Lipinski definition) is 0. The minimum Gasteiger partial charge on any atom is -0.483 e. The van der Waals surface area contributed by atoms with Crippen molar-refractivity contribution < 1.29 is 9.47 Å². The minimum atomic E-state index is 0.0832. The first-order valence-corrected chi connectivity index (χ1v) is 4.63. The highest BCUT2D eigenvalue weighted by atomic mass is 16.5. The van der Waals surface area contributed by atoms with E-state index in [1.165, 1.54) is 5.56 Å². The summed E-state index contributed by atoms with van der Waals surface area (Å²) in [5, 5.41) is 0. The summed E-state index contributed by atoms with van der Waals surface area (Å²) >= 11 is 0. The maximum Gasteiger partial charge on any atom is 0.210 e. The van der Waals surface area contributed by atoms with Crippen LogP contribution >= 0.6 is 0 Å². The molecule has 3 nitrogen and oxygen atoms in total. The van der Waals surface area contributed by atoms with Crippen molar-refractivity contribution in [1.82, 2.24) is 0 Å². The summed E-state index contributed by atoms with van der Waals surface area (Å²) in [5.74, 6) is 0.671. The van der Waals surface area contributed by atoms with Gasteiger partial charge in [0.15, 0.2) is 0 Å². The molecule has 0 aliphatic carbocycles. The van der Waals surface area contributed by atoms with Crippen LogP contribution in [-0.2, 0) is 9.47 Å². The molecule has 1 aromatic carbocycles. The zero-order valence-electron chi connectivity index (χ0n) is 8.14. The van der Waals surface area contributed by atoms with E-state index in [1.54, 1.807) is 7.11 Å². The summed E-state index contributed by atoms with van der Waals surface area (Å²) in [6.45, 7) is 1.12. The molecule has 14 heavy (non-hydrogen) atoms. The number of hydrogen-bond acceptors (Lipinski definition) is 3. The van der Waals surface area contributed by atoms with Crippen LogP contribution in [0.3, 0.4) is 0 Å². The number of benzene rings is 1. The summed E-state index contributed by atoms with van der Waals surface area (Å²) in [6.07, 6.45) is 0. The summed E-state index contributed by atoms with van der Waals surface area (Å²) in [5.41, 5.74) is 1.17. The SMILES string of the molecule is COC1=NC(c2ccccc2)COC1. The highest BCUT2D eigenvalue weighted by Crippen LogP contribution is 2.20. The molecule has 1 aliphatic rings. The van der Waals surface area contributed by atoms with Crippen LogP contribution in [0.5, 0.6) is 0 Å². The number of aliphatic imine (C=N–C) groups is 1. The highest BCUT2D eigenvalue weighted by Gasteiger charge is 2.16. The molecule has 0 saturated heterocycles. The number of methoxy groups -OCH3 is 1. The maximum absolute atomic E-state index is 5.38. The molecule has 1 unspecified atom stereocenters. The number of ether oxygens (including phenoxy) is 2. The fourth-order valence-electron chi connectivity index (χ4n) is 1.46. The van der Waals surface area contributed by atoms with Gasteiger partial charge in [0.1, 0.15) is 12.6 Å². The zero-order valence-corrected chi connectivity index (χ0v) is 8.14. The van der Waals surface area contributed by atoms with Crippen LogP contribution in [0.25, 0.3) is 0 Å². The van der Waals surface area contributed by atoms with Crippen molar-refractivity contribution in [2.24, 2.45) is 4.99 Å². The van der Waals surface area contributed by atoms with Crippen molar-refractivity contribution in [3.05, 3.63) is 35.9 Å². The van der Waals surface area contributed by atoms with Crippen LogP contribution in [-0.4, -0.2) is 26.2 Å². The molecule has 0 amide bonds. The van der Waals surface area contributed by atoms with Gasteiger partial charge in [-0.05, 0) is 5.56 Å². The second-order valence-electron chi connectivity index (χ2n) is 3.17. The summed E-state index contributed by atoms with van der Waals surface area (Å²) in [6, 6.07) is 10.2. The van der Waals surface area contributed by atoms with Crippen LogP contribution in [0.15, 0.2) is 35.3 Å². The fourth-order valence-corrected chi connectivity index (χ4v) is 1.46. The first kappa shape index (κ1) is 9.21. The van der Waals surface area contributed by atoms with E-state index in [4.69, 9.17) is 9.47 Å². The van der Waals surface area contributed by atoms with Crippen LogP contribution in [0.1, 0.15) is 11.6 Å². The zero-order chi connectivity index (χ0) is 9.80. The summed E-state index contributed by atoms with van der Waals surface area (Å²) in [4.78, 5) is 4.44. The highest BCUT2D eigenvalue weighted by molar-refractivity contribution is 5.78. The van der Waals surface area contributed by atoms with Gasteiger partial charge in [-0.25, -0.2) is 4.99 Å². The molecular weight excluding hydrogens is 178 g/mol. The molecule has 3 heteroatoms. The number of rotatable bonds is 1. The molecule has 0 aromatic heterocycles. The molecule has 1 atom stereocenters. The van der Waals surface area contributed by atoms with Crippen LogP contribution in [0.2, 0.25) is 0 Å². The van der Waals surface area contributed by atoms with E-state index < -0.39 is 0 Å². The predicted octanol–water partition coefficient (Wildman–Crippen LogP) is 1.80. The Balaban J connectivity index is 2.19. The van der Waals surface area contributed by atoms with E-state index in [-0.39, 0.29) is 6.04 Å². The minimum absolute atomic E-state index is 0.0832. The molecule has 0 spiro atoms. The summed E-state index contributed by atoms with van der Waals surface area (Å²) in [7, 11) is 1.62. The smallest absolute Gasteiger partial charge is 0.210 e. The third-order valence-electron chi connectivity index (χ3n) is 2.22. The van der Waals surface area contributed by atoms with Crippen molar-refractivity contribution in [2.45, 2.75) is 6.04 Å². The Morgan fingerprint density at radius 3 is 2.86 bits per heavy atom. The molecule has 1 heterocycles. The topological polar surface area (TPSA) is 30.8 Å². The van der Waals surface area contributed by atoms with Gasteiger partial charge >= 0.3 is 0 Å². The first-order chi connectivity index (χ1) is 6.90. The fraction of sp³-hybridized carbons (Fsp3) is 0.364. The Kier molecular flexibility index (Phi) is 2.79. The Bertz CT molecular complexity index is 321. The van der Waals surface area contributed by atoms with Crippen molar-refractivity contribution in [1.29, 1.82) is 0 Å².